The molecule has 0 aliphatic carbocycles. The predicted molar refractivity (Wildman–Crippen MR) is 123 cm³/mol. The van der Waals surface area contributed by atoms with Gasteiger partial charge < -0.3 is 24.8 Å². The molecule has 0 atom stereocenters. The summed E-state index contributed by atoms with van der Waals surface area (Å²) in [4.78, 5) is 37.6. The highest BCUT2D eigenvalue weighted by Crippen LogP contribution is 2.31. The Labute approximate surface area is 189 Å². The molecular formula is C24H33N5O3. The first-order chi connectivity index (χ1) is 15.6. The number of methoxy groups -OCH3 is 1. The number of rotatable bonds is 7. The third kappa shape index (κ3) is 4.96. The van der Waals surface area contributed by atoms with Crippen LogP contribution in [-0.2, 0) is 4.79 Å². The van der Waals surface area contributed by atoms with Gasteiger partial charge in [-0.2, -0.15) is 0 Å². The number of H-pyrrole nitrogens is 1. The van der Waals surface area contributed by atoms with Gasteiger partial charge >= 0.3 is 0 Å². The lowest BCUT2D eigenvalue weighted by atomic mass is 9.96. The van der Waals surface area contributed by atoms with Crippen LogP contribution < -0.4 is 10.1 Å². The van der Waals surface area contributed by atoms with Gasteiger partial charge in [-0.05, 0) is 63.0 Å². The molecule has 0 saturated carbocycles. The summed E-state index contributed by atoms with van der Waals surface area (Å²) < 4.78 is 5.24. The molecule has 2 aromatic rings. The van der Waals surface area contributed by atoms with Gasteiger partial charge in [0.1, 0.15) is 23.0 Å². The molecule has 0 unspecified atom stereocenters. The van der Waals surface area contributed by atoms with Crippen molar-refractivity contribution in [2.24, 2.45) is 0 Å². The Bertz CT molecular complexity index is 926. The number of amides is 2. The Balaban J connectivity index is 1.41. The lowest BCUT2D eigenvalue weighted by molar-refractivity contribution is -0.132. The smallest absolute Gasteiger partial charge is 0.269 e. The highest BCUT2D eigenvalue weighted by molar-refractivity contribution is 5.98. The van der Waals surface area contributed by atoms with Crippen LogP contribution in [0.5, 0.6) is 5.75 Å². The van der Waals surface area contributed by atoms with Crippen LogP contribution in [0.3, 0.4) is 0 Å². The number of imidazole rings is 1. The van der Waals surface area contributed by atoms with Crippen molar-refractivity contribution in [3.63, 3.8) is 0 Å². The lowest BCUT2D eigenvalue weighted by Crippen LogP contribution is -2.39. The number of carbonyl (C=O) groups excluding carboxylic acids is 2. The van der Waals surface area contributed by atoms with E-state index in [0.717, 1.165) is 62.7 Å². The van der Waals surface area contributed by atoms with Gasteiger partial charge in [0.25, 0.3) is 5.91 Å². The van der Waals surface area contributed by atoms with Crippen molar-refractivity contribution >= 4 is 11.8 Å². The number of ether oxygens (including phenoxy) is 1. The third-order valence-electron chi connectivity index (χ3n) is 6.61. The molecule has 172 valence electrons. The van der Waals surface area contributed by atoms with Gasteiger partial charge in [-0.3, -0.25) is 9.59 Å². The van der Waals surface area contributed by atoms with Gasteiger partial charge in [-0.15, -0.1) is 0 Å². The largest absolute Gasteiger partial charge is 0.497 e. The maximum atomic E-state index is 12.6. The molecule has 0 spiro atoms. The van der Waals surface area contributed by atoms with Crippen molar-refractivity contribution in [1.29, 1.82) is 0 Å². The lowest BCUT2D eigenvalue weighted by Gasteiger charge is -2.31. The molecule has 2 saturated heterocycles. The summed E-state index contributed by atoms with van der Waals surface area (Å²) in [5.74, 6) is 1.84. The van der Waals surface area contributed by atoms with Crippen LogP contribution in [-0.4, -0.2) is 78.5 Å². The molecule has 2 aliphatic rings. The molecule has 4 rings (SSSR count). The Morgan fingerprint density at radius 2 is 1.81 bits per heavy atom. The normalized spacial score (nSPS) is 17.5. The number of benzene rings is 1. The van der Waals surface area contributed by atoms with Gasteiger partial charge in [-0.25, -0.2) is 4.98 Å². The van der Waals surface area contributed by atoms with E-state index < -0.39 is 0 Å². The van der Waals surface area contributed by atoms with E-state index in [0.29, 0.717) is 17.8 Å². The summed E-state index contributed by atoms with van der Waals surface area (Å²) in [7, 11) is 3.24. The minimum Gasteiger partial charge on any atom is -0.497 e. The van der Waals surface area contributed by atoms with Gasteiger partial charge in [-0.1, -0.05) is 0 Å². The number of carbonyl (C=O) groups is 2. The molecule has 1 aromatic carbocycles. The van der Waals surface area contributed by atoms with E-state index in [1.165, 1.54) is 12.8 Å². The monoisotopic (exact) mass is 439 g/mol. The van der Waals surface area contributed by atoms with Gasteiger partial charge in [0.05, 0.1) is 7.11 Å². The highest BCUT2D eigenvalue weighted by atomic mass is 16.5. The molecule has 2 aliphatic heterocycles. The molecular weight excluding hydrogens is 406 g/mol. The molecule has 0 bridgehead atoms. The second kappa shape index (κ2) is 10.2. The van der Waals surface area contributed by atoms with Crippen LogP contribution in [0, 0.1) is 0 Å². The van der Waals surface area contributed by atoms with E-state index in [2.05, 4.69) is 15.2 Å². The molecule has 2 amide bonds. The fourth-order valence-electron chi connectivity index (χ4n) is 4.65. The molecule has 3 heterocycles. The minimum absolute atomic E-state index is 0.191. The zero-order valence-electron chi connectivity index (χ0n) is 19.0. The summed E-state index contributed by atoms with van der Waals surface area (Å²) in [5.41, 5.74) is 1.98. The molecule has 8 nitrogen and oxygen atoms in total. The van der Waals surface area contributed by atoms with Gasteiger partial charge in [0.2, 0.25) is 5.91 Å². The van der Waals surface area contributed by atoms with E-state index >= 15 is 0 Å². The Hall–Kier alpha value is -2.87. The fraction of sp³-hybridized carbons (Fsp3) is 0.542. The summed E-state index contributed by atoms with van der Waals surface area (Å²) >= 11 is 0. The topological polar surface area (TPSA) is 90.6 Å². The van der Waals surface area contributed by atoms with Crippen molar-refractivity contribution in [3.8, 4) is 17.0 Å². The van der Waals surface area contributed by atoms with Crippen LogP contribution in [0.2, 0.25) is 0 Å². The summed E-state index contributed by atoms with van der Waals surface area (Å²) in [6.45, 7) is 4.59. The third-order valence-corrected chi connectivity index (χ3v) is 6.61. The Morgan fingerprint density at radius 3 is 2.44 bits per heavy atom. The van der Waals surface area contributed by atoms with Crippen molar-refractivity contribution < 1.29 is 14.3 Å². The number of aromatic nitrogens is 2. The maximum absolute atomic E-state index is 12.6. The number of aromatic amines is 1. The second-order valence-electron chi connectivity index (χ2n) is 8.61. The maximum Gasteiger partial charge on any atom is 0.269 e. The average Bonchev–Trinajstić information content (AvgIpc) is 3.52. The number of nitrogens with one attached hydrogen (secondary N) is 2. The molecule has 8 heteroatoms. The minimum atomic E-state index is -0.191. The van der Waals surface area contributed by atoms with Crippen molar-refractivity contribution in [1.82, 2.24) is 25.1 Å². The molecule has 32 heavy (non-hydrogen) atoms. The number of hydrogen-bond donors (Lipinski definition) is 2. The van der Waals surface area contributed by atoms with Crippen LogP contribution in [0.15, 0.2) is 24.3 Å². The van der Waals surface area contributed by atoms with Crippen LogP contribution in [0.4, 0.5) is 0 Å². The van der Waals surface area contributed by atoms with Crippen LogP contribution in [0.1, 0.15) is 54.3 Å². The van der Waals surface area contributed by atoms with Gasteiger partial charge in [0, 0.05) is 44.6 Å². The summed E-state index contributed by atoms with van der Waals surface area (Å²) in [6, 6.07) is 7.55. The van der Waals surface area contributed by atoms with Crippen LogP contribution in [0.25, 0.3) is 11.3 Å². The molecule has 1 aromatic heterocycles. The highest BCUT2D eigenvalue weighted by Gasteiger charge is 2.28. The summed E-state index contributed by atoms with van der Waals surface area (Å²) in [5, 5.41) is 2.70. The Morgan fingerprint density at radius 1 is 1.12 bits per heavy atom. The van der Waals surface area contributed by atoms with Gasteiger partial charge in [0.15, 0.2) is 0 Å². The Kier molecular flexibility index (Phi) is 7.09. The van der Waals surface area contributed by atoms with Crippen molar-refractivity contribution in [2.45, 2.75) is 38.0 Å². The zero-order valence-corrected chi connectivity index (χ0v) is 19.0. The first kappa shape index (κ1) is 22.3. The van der Waals surface area contributed by atoms with Crippen LogP contribution >= 0.6 is 0 Å². The quantitative estimate of drug-likeness (QED) is 0.692. The molecule has 2 N–H and O–H groups in total. The van der Waals surface area contributed by atoms with E-state index in [9.17, 15) is 9.59 Å². The first-order valence-corrected chi connectivity index (χ1v) is 11.6. The van der Waals surface area contributed by atoms with E-state index in [1.807, 2.05) is 29.2 Å². The zero-order chi connectivity index (χ0) is 22.5. The average molecular weight is 440 g/mol. The number of hydrogen-bond acceptors (Lipinski definition) is 5. The van der Waals surface area contributed by atoms with E-state index in [-0.39, 0.29) is 17.7 Å². The predicted octanol–water partition coefficient (Wildman–Crippen LogP) is 2.64. The molecule has 2 fully saturated rings. The SMILES string of the molecule is CNC(=O)c1[nH]c(C2CCN(C(=O)CCN3CCCC3)CC2)nc1-c1ccc(OC)cc1. The number of piperidine rings is 1. The van der Waals surface area contributed by atoms with E-state index in [1.54, 1.807) is 14.2 Å². The van der Waals surface area contributed by atoms with Crippen molar-refractivity contribution in [3.05, 3.63) is 35.8 Å². The second-order valence-corrected chi connectivity index (χ2v) is 8.61. The molecule has 0 radical (unpaired) electrons. The standard InChI is InChI=1S/C24H33N5O3/c1-25-24(31)22-21(17-5-7-19(32-2)8-6-17)26-23(27-22)18-9-15-29(16-10-18)20(30)11-14-28-12-3-4-13-28/h5-8,18H,3-4,9-16H2,1-2H3,(H,25,31)(H,26,27). The first-order valence-electron chi connectivity index (χ1n) is 11.6. The summed E-state index contributed by atoms with van der Waals surface area (Å²) in [6.07, 6.45) is 4.79. The number of nitrogens with zero attached hydrogens (tertiary/aromatic N) is 3. The van der Waals surface area contributed by atoms with E-state index in [4.69, 9.17) is 9.72 Å². The fourth-order valence-corrected chi connectivity index (χ4v) is 4.65. The number of likely N-dealkylation sites (tertiary alicyclic amines) is 2. The van der Waals surface area contributed by atoms with Crippen molar-refractivity contribution in [2.75, 3.05) is 46.9 Å².